The Morgan fingerprint density at radius 3 is 2.33 bits per heavy atom. The van der Waals surface area contributed by atoms with E-state index in [9.17, 15) is 9.90 Å². The number of likely N-dealkylation sites (N-methyl/N-ethyl adjacent to an activating group) is 1. The Morgan fingerprint density at radius 1 is 1.33 bits per heavy atom. The minimum atomic E-state index is -0.757. The Bertz CT molecular complexity index is 375. The molecule has 0 amide bonds. The van der Waals surface area contributed by atoms with Crippen molar-refractivity contribution in [3.8, 4) is 5.75 Å². The number of nitrogens with zero attached hydrogens (tertiary/aromatic N) is 1. The number of aliphatic carboxylic acids is 1. The molecule has 0 aliphatic heterocycles. The van der Waals surface area contributed by atoms with Gasteiger partial charge in [-0.15, -0.1) is 0 Å². The number of rotatable bonds is 7. The second-order valence-electron chi connectivity index (χ2n) is 4.17. The van der Waals surface area contributed by atoms with Gasteiger partial charge < -0.3 is 9.84 Å². The predicted octanol–water partition coefficient (Wildman–Crippen LogP) is 2.38. The van der Waals surface area contributed by atoms with Crippen LogP contribution in [-0.2, 0) is 11.3 Å². The van der Waals surface area contributed by atoms with Gasteiger partial charge in [-0.1, -0.05) is 26.0 Å². The fraction of sp³-hybridized carbons (Fsp3) is 0.500. The fourth-order valence-corrected chi connectivity index (χ4v) is 2.00. The Labute approximate surface area is 108 Å². The Morgan fingerprint density at radius 2 is 1.94 bits per heavy atom. The highest BCUT2D eigenvalue weighted by Gasteiger charge is 2.22. The molecule has 0 aliphatic carbocycles. The number of hydrogen-bond donors (Lipinski definition) is 1. The molecule has 0 radical (unpaired) electrons. The van der Waals surface area contributed by atoms with Gasteiger partial charge in [-0.25, -0.2) is 0 Å². The molecule has 1 unspecified atom stereocenters. The molecule has 0 saturated carbocycles. The third-order valence-corrected chi connectivity index (χ3v) is 3.06. The Balaban J connectivity index is 2.75. The van der Waals surface area contributed by atoms with E-state index >= 15 is 0 Å². The van der Waals surface area contributed by atoms with E-state index in [1.165, 1.54) is 0 Å². The number of carboxylic acid groups (broad SMARTS) is 1. The summed E-state index contributed by atoms with van der Waals surface area (Å²) in [5.41, 5.74) is 1.09. The van der Waals surface area contributed by atoms with Gasteiger partial charge in [-0.3, -0.25) is 9.69 Å². The van der Waals surface area contributed by atoms with Crippen LogP contribution in [0.4, 0.5) is 0 Å². The van der Waals surface area contributed by atoms with Gasteiger partial charge in [0.25, 0.3) is 0 Å². The number of hydrogen-bond acceptors (Lipinski definition) is 3. The van der Waals surface area contributed by atoms with Gasteiger partial charge >= 0.3 is 5.97 Å². The zero-order valence-corrected chi connectivity index (χ0v) is 11.2. The third kappa shape index (κ3) is 3.74. The summed E-state index contributed by atoms with van der Waals surface area (Å²) in [4.78, 5) is 13.1. The van der Waals surface area contributed by atoms with Crippen molar-refractivity contribution in [3.63, 3.8) is 0 Å². The molecule has 4 nitrogen and oxygen atoms in total. The number of carboxylic acids is 1. The van der Waals surface area contributed by atoms with Crippen molar-refractivity contribution in [1.82, 2.24) is 4.90 Å². The SMILES string of the molecule is CCC(C(=O)O)N(CC)Cc1ccc(OC)cc1. The lowest BCUT2D eigenvalue weighted by atomic mass is 10.1. The van der Waals surface area contributed by atoms with Crippen LogP contribution in [-0.4, -0.2) is 35.7 Å². The first-order valence-electron chi connectivity index (χ1n) is 6.22. The summed E-state index contributed by atoms with van der Waals surface area (Å²) in [6.07, 6.45) is 0.610. The second kappa shape index (κ2) is 7.01. The topological polar surface area (TPSA) is 49.8 Å². The normalized spacial score (nSPS) is 12.4. The molecule has 0 aromatic heterocycles. The van der Waals surface area contributed by atoms with E-state index in [0.29, 0.717) is 13.0 Å². The van der Waals surface area contributed by atoms with E-state index in [1.54, 1.807) is 7.11 Å². The number of methoxy groups -OCH3 is 1. The molecule has 0 spiro atoms. The highest BCUT2D eigenvalue weighted by atomic mass is 16.5. The van der Waals surface area contributed by atoms with Crippen LogP contribution in [0.2, 0.25) is 0 Å². The molecule has 0 aliphatic rings. The summed E-state index contributed by atoms with van der Waals surface area (Å²) in [6.45, 7) is 5.24. The first-order valence-corrected chi connectivity index (χ1v) is 6.22. The van der Waals surface area contributed by atoms with Crippen LogP contribution < -0.4 is 4.74 Å². The number of ether oxygens (including phenoxy) is 1. The smallest absolute Gasteiger partial charge is 0.320 e. The highest BCUT2D eigenvalue weighted by Crippen LogP contribution is 2.15. The van der Waals surface area contributed by atoms with E-state index in [2.05, 4.69) is 0 Å². The maximum absolute atomic E-state index is 11.2. The van der Waals surface area contributed by atoms with E-state index in [4.69, 9.17) is 4.74 Å². The molecule has 0 fully saturated rings. The van der Waals surface area contributed by atoms with Gasteiger partial charge in [0.2, 0.25) is 0 Å². The first kappa shape index (κ1) is 14.5. The van der Waals surface area contributed by atoms with Crippen LogP contribution in [0, 0.1) is 0 Å². The van der Waals surface area contributed by atoms with Gasteiger partial charge in [0, 0.05) is 6.54 Å². The molecule has 1 rings (SSSR count). The lowest BCUT2D eigenvalue weighted by Crippen LogP contribution is -2.40. The van der Waals surface area contributed by atoms with Crippen molar-refractivity contribution in [3.05, 3.63) is 29.8 Å². The summed E-state index contributed by atoms with van der Waals surface area (Å²) in [7, 11) is 1.63. The molecule has 0 bridgehead atoms. The van der Waals surface area contributed by atoms with Crippen LogP contribution in [0.25, 0.3) is 0 Å². The minimum Gasteiger partial charge on any atom is -0.497 e. The van der Waals surface area contributed by atoms with E-state index in [0.717, 1.165) is 17.9 Å². The summed E-state index contributed by atoms with van der Waals surface area (Å²) in [5.74, 6) is 0.0555. The molecule has 4 heteroatoms. The average Bonchev–Trinajstić information content (AvgIpc) is 2.38. The van der Waals surface area contributed by atoms with Gasteiger partial charge in [0.05, 0.1) is 7.11 Å². The summed E-state index contributed by atoms with van der Waals surface area (Å²) in [5, 5.41) is 9.17. The Kier molecular flexibility index (Phi) is 5.65. The monoisotopic (exact) mass is 251 g/mol. The zero-order chi connectivity index (χ0) is 13.5. The van der Waals surface area contributed by atoms with Crippen molar-refractivity contribution in [1.29, 1.82) is 0 Å². The maximum Gasteiger partial charge on any atom is 0.320 e. The molecule has 18 heavy (non-hydrogen) atoms. The Hall–Kier alpha value is -1.55. The number of carbonyl (C=O) groups is 1. The molecule has 0 heterocycles. The molecule has 1 aromatic carbocycles. The molecular formula is C14H21NO3. The van der Waals surface area contributed by atoms with Crippen molar-refractivity contribution in [2.45, 2.75) is 32.9 Å². The predicted molar refractivity (Wildman–Crippen MR) is 70.8 cm³/mol. The fourth-order valence-electron chi connectivity index (χ4n) is 2.00. The van der Waals surface area contributed by atoms with Gasteiger partial charge in [0.1, 0.15) is 11.8 Å². The quantitative estimate of drug-likeness (QED) is 0.808. The summed E-state index contributed by atoms with van der Waals surface area (Å²) < 4.78 is 5.10. The standard InChI is InChI=1S/C14H21NO3/c1-4-13(14(16)17)15(5-2)10-11-6-8-12(18-3)9-7-11/h6-9,13H,4-5,10H2,1-3H3,(H,16,17). The van der Waals surface area contributed by atoms with Crippen molar-refractivity contribution < 1.29 is 14.6 Å². The third-order valence-electron chi connectivity index (χ3n) is 3.06. The minimum absolute atomic E-state index is 0.419. The molecule has 100 valence electrons. The first-order chi connectivity index (χ1) is 8.62. The van der Waals surface area contributed by atoms with E-state index in [-0.39, 0.29) is 0 Å². The molecule has 0 saturated heterocycles. The van der Waals surface area contributed by atoms with Crippen LogP contribution in [0.1, 0.15) is 25.8 Å². The second-order valence-corrected chi connectivity index (χ2v) is 4.17. The zero-order valence-electron chi connectivity index (χ0n) is 11.2. The lowest BCUT2D eigenvalue weighted by molar-refractivity contribution is -0.143. The van der Waals surface area contributed by atoms with Crippen molar-refractivity contribution >= 4 is 5.97 Å². The molecule has 1 aromatic rings. The van der Waals surface area contributed by atoms with Crippen LogP contribution in [0.5, 0.6) is 5.75 Å². The van der Waals surface area contributed by atoms with E-state index in [1.807, 2.05) is 43.0 Å². The average molecular weight is 251 g/mol. The van der Waals surface area contributed by atoms with Gasteiger partial charge in [-0.2, -0.15) is 0 Å². The molecule has 1 atom stereocenters. The highest BCUT2D eigenvalue weighted by molar-refractivity contribution is 5.73. The maximum atomic E-state index is 11.2. The molecular weight excluding hydrogens is 230 g/mol. The van der Waals surface area contributed by atoms with Crippen molar-refractivity contribution in [2.75, 3.05) is 13.7 Å². The van der Waals surface area contributed by atoms with Crippen LogP contribution in [0.3, 0.4) is 0 Å². The van der Waals surface area contributed by atoms with Crippen LogP contribution in [0.15, 0.2) is 24.3 Å². The largest absolute Gasteiger partial charge is 0.497 e. The van der Waals surface area contributed by atoms with Crippen molar-refractivity contribution in [2.24, 2.45) is 0 Å². The van der Waals surface area contributed by atoms with Gasteiger partial charge in [0.15, 0.2) is 0 Å². The lowest BCUT2D eigenvalue weighted by Gasteiger charge is -2.26. The molecule has 1 N–H and O–H groups in total. The van der Waals surface area contributed by atoms with E-state index < -0.39 is 12.0 Å². The van der Waals surface area contributed by atoms with Gasteiger partial charge in [-0.05, 0) is 30.7 Å². The summed E-state index contributed by atoms with van der Waals surface area (Å²) in [6, 6.07) is 7.30. The van der Waals surface area contributed by atoms with Crippen LogP contribution >= 0.6 is 0 Å². The summed E-state index contributed by atoms with van der Waals surface area (Å²) >= 11 is 0. The number of benzene rings is 1.